The molecule has 10 heavy (non-hydrogen) atoms. The van der Waals surface area contributed by atoms with Crippen LogP contribution >= 0.6 is 0 Å². The lowest BCUT2D eigenvalue weighted by molar-refractivity contribution is -0.108. The van der Waals surface area contributed by atoms with Crippen LogP contribution in [0, 0.1) is 0 Å². The largest absolute Gasteiger partial charge is 0.509 e. The van der Waals surface area contributed by atoms with Gasteiger partial charge < -0.3 is 19.3 Å². The van der Waals surface area contributed by atoms with Crippen molar-refractivity contribution in [3.63, 3.8) is 0 Å². The molecule has 0 aromatic rings. The third kappa shape index (κ3) is 0.676. The number of aliphatic hydroxyl groups excluding tert-OH is 1. The van der Waals surface area contributed by atoms with E-state index in [1.54, 1.807) is 0 Å². The van der Waals surface area contributed by atoms with Gasteiger partial charge in [0.1, 0.15) is 0 Å². The van der Waals surface area contributed by atoms with Crippen LogP contribution in [0.25, 0.3) is 0 Å². The molecular weight excluding hydrogens is 140 g/mol. The fraction of sp³-hybridized carbons (Fsp3) is 0.800. The maximum Gasteiger partial charge on any atom is 0.509 e. The molecule has 5 nitrogen and oxygen atoms in total. The zero-order chi connectivity index (χ0) is 7.14. The summed E-state index contributed by atoms with van der Waals surface area (Å²) in [7, 11) is 0. The number of fused-ring (bicyclic) bond motifs is 1. The van der Waals surface area contributed by atoms with E-state index >= 15 is 0 Å². The van der Waals surface area contributed by atoms with E-state index in [0.29, 0.717) is 0 Å². The molecule has 3 unspecified atom stereocenters. The first-order valence-electron chi connectivity index (χ1n) is 2.94. The van der Waals surface area contributed by atoms with Crippen molar-refractivity contribution in [1.29, 1.82) is 0 Å². The highest BCUT2D eigenvalue weighted by Crippen LogP contribution is 2.24. The van der Waals surface area contributed by atoms with Crippen molar-refractivity contribution in [3.05, 3.63) is 0 Å². The van der Waals surface area contributed by atoms with Crippen LogP contribution in [0.1, 0.15) is 0 Å². The summed E-state index contributed by atoms with van der Waals surface area (Å²) >= 11 is 0. The second-order valence-corrected chi connectivity index (χ2v) is 2.21. The first kappa shape index (κ1) is 5.94. The van der Waals surface area contributed by atoms with E-state index in [0.717, 1.165) is 0 Å². The third-order valence-electron chi connectivity index (χ3n) is 1.56. The fourth-order valence-corrected chi connectivity index (χ4v) is 1.06. The topological polar surface area (TPSA) is 65.0 Å². The molecule has 5 heteroatoms. The Bertz CT molecular complexity index is 167. The summed E-state index contributed by atoms with van der Waals surface area (Å²) in [6, 6.07) is 0. The SMILES string of the molecule is O=C1OC2COC(O)C2O1. The zero-order valence-corrected chi connectivity index (χ0v) is 5.02. The summed E-state index contributed by atoms with van der Waals surface area (Å²) in [4.78, 5) is 10.4. The molecule has 0 bridgehead atoms. The number of aliphatic hydroxyl groups is 1. The van der Waals surface area contributed by atoms with Gasteiger partial charge in [-0.1, -0.05) is 0 Å². The van der Waals surface area contributed by atoms with Crippen molar-refractivity contribution >= 4 is 6.16 Å². The van der Waals surface area contributed by atoms with Crippen molar-refractivity contribution in [2.75, 3.05) is 6.61 Å². The lowest BCUT2D eigenvalue weighted by Gasteiger charge is -2.05. The number of hydrogen-bond donors (Lipinski definition) is 1. The Balaban J connectivity index is 2.12. The molecule has 0 spiro atoms. The van der Waals surface area contributed by atoms with Crippen molar-refractivity contribution in [2.24, 2.45) is 0 Å². The summed E-state index contributed by atoms with van der Waals surface area (Å²) in [6.07, 6.45) is -2.77. The molecule has 0 radical (unpaired) electrons. The van der Waals surface area contributed by atoms with E-state index < -0.39 is 24.7 Å². The van der Waals surface area contributed by atoms with Crippen molar-refractivity contribution in [2.45, 2.75) is 18.5 Å². The van der Waals surface area contributed by atoms with Gasteiger partial charge in [0.2, 0.25) is 0 Å². The van der Waals surface area contributed by atoms with Crippen molar-refractivity contribution in [1.82, 2.24) is 0 Å². The molecule has 2 saturated heterocycles. The van der Waals surface area contributed by atoms with Crippen molar-refractivity contribution < 1.29 is 24.1 Å². The third-order valence-corrected chi connectivity index (χ3v) is 1.56. The summed E-state index contributed by atoms with van der Waals surface area (Å²) < 4.78 is 13.9. The maximum absolute atomic E-state index is 10.4. The Hall–Kier alpha value is -0.810. The Morgan fingerprint density at radius 2 is 2.30 bits per heavy atom. The first-order chi connectivity index (χ1) is 4.77. The lowest BCUT2D eigenvalue weighted by atomic mass is 10.2. The number of carbonyl (C=O) groups excluding carboxylic acids is 1. The zero-order valence-electron chi connectivity index (χ0n) is 5.02. The maximum atomic E-state index is 10.4. The molecule has 2 fully saturated rings. The Morgan fingerprint density at radius 3 is 3.00 bits per heavy atom. The Morgan fingerprint density at radius 1 is 1.50 bits per heavy atom. The van der Waals surface area contributed by atoms with Gasteiger partial charge in [-0.2, -0.15) is 0 Å². The number of rotatable bonds is 0. The second kappa shape index (κ2) is 1.83. The lowest BCUT2D eigenvalue weighted by Crippen LogP contribution is -2.26. The summed E-state index contributed by atoms with van der Waals surface area (Å²) in [5.74, 6) is 0. The van der Waals surface area contributed by atoms with Crippen LogP contribution in [-0.4, -0.2) is 36.4 Å². The van der Waals surface area contributed by atoms with E-state index in [9.17, 15) is 4.79 Å². The van der Waals surface area contributed by atoms with E-state index in [1.807, 2.05) is 0 Å². The van der Waals surface area contributed by atoms with E-state index in [1.165, 1.54) is 0 Å². The Kier molecular flexibility index (Phi) is 1.09. The first-order valence-corrected chi connectivity index (χ1v) is 2.94. The number of carbonyl (C=O) groups is 1. The van der Waals surface area contributed by atoms with Gasteiger partial charge in [0, 0.05) is 0 Å². The van der Waals surface area contributed by atoms with Gasteiger partial charge in [0.25, 0.3) is 0 Å². The highest BCUT2D eigenvalue weighted by molar-refractivity contribution is 5.62. The molecule has 56 valence electrons. The Labute approximate surface area is 56.5 Å². The van der Waals surface area contributed by atoms with Gasteiger partial charge in [-0.05, 0) is 0 Å². The van der Waals surface area contributed by atoms with Gasteiger partial charge in [-0.15, -0.1) is 0 Å². The second-order valence-electron chi connectivity index (χ2n) is 2.21. The van der Waals surface area contributed by atoms with E-state index in [-0.39, 0.29) is 6.61 Å². The van der Waals surface area contributed by atoms with Gasteiger partial charge in [-0.3, -0.25) is 0 Å². The summed E-state index contributed by atoms with van der Waals surface area (Å²) in [5, 5.41) is 8.94. The van der Waals surface area contributed by atoms with Gasteiger partial charge in [0.15, 0.2) is 18.5 Å². The minimum Gasteiger partial charge on any atom is -0.424 e. The van der Waals surface area contributed by atoms with Crippen molar-refractivity contribution in [3.8, 4) is 0 Å². The quantitative estimate of drug-likeness (QED) is 0.455. The predicted molar refractivity (Wildman–Crippen MR) is 27.1 cm³/mol. The molecule has 3 atom stereocenters. The average Bonchev–Trinajstić information content (AvgIpc) is 2.35. The van der Waals surface area contributed by atoms with E-state index in [2.05, 4.69) is 9.47 Å². The van der Waals surface area contributed by atoms with Gasteiger partial charge >= 0.3 is 6.16 Å². The molecule has 0 aromatic heterocycles. The molecule has 0 saturated carbocycles. The van der Waals surface area contributed by atoms with Crippen LogP contribution in [0.2, 0.25) is 0 Å². The summed E-state index contributed by atoms with van der Waals surface area (Å²) in [6.45, 7) is 0.220. The highest BCUT2D eigenvalue weighted by Gasteiger charge is 2.47. The normalized spacial score (nSPS) is 44.5. The molecule has 2 rings (SSSR count). The minimum atomic E-state index is -1.02. The predicted octanol–water partition coefficient (Wildman–Crippen LogP) is -0.761. The standard InChI is InChI=1S/C5H6O5/c6-4-3-2(1-8-4)9-5(7)10-3/h2-4,6H,1H2. The molecule has 0 aromatic carbocycles. The average molecular weight is 146 g/mol. The van der Waals surface area contributed by atoms with E-state index in [4.69, 9.17) is 9.84 Å². The van der Waals surface area contributed by atoms with Crippen LogP contribution < -0.4 is 0 Å². The minimum absolute atomic E-state index is 0.220. The van der Waals surface area contributed by atoms with Gasteiger partial charge in [0.05, 0.1) is 6.61 Å². The van der Waals surface area contributed by atoms with Crippen LogP contribution in [0.3, 0.4) is 0 Å². The van der Waals surface area contributed by atoms with Crippen LogP contribution in [0.5, 0.6) is 0 Å². The fourth-order valence-electron chi connectivity index (χ4n) is 1.06. The number of ether oxygens (including phenoxy) is 3. The van der Waals surface area contributed by atoms with Crippen LogP contribution in [0.15, 0.2) is 0 Å². The molecule has 0 aliphatic carbocycles. The number of hydrogen-bond acceptors (Lipinski definition) is 5. The van der Waals surface area contributed by atoms with Crippen LogP contribution in [0.4, 0.5) is 4.79 Å². The molecule has 2 aliphatic rings. The molecule has 0 amide bonds. The monoisotopic (exact) mass is 146 g/mol. The van der Waals surface area contributed by atoms with Gasteiger partial charge in [-0.25, -0.2) is 4.79 Å². The summed E-state index contributed by atoms with van der Waals surface area (Å²) in [5.41, 5.74) is 0. The molecule has 1 N–H and O–H groups in total. The van der Waals surface area contributed by atoms with Crippen LogP contribution in [-0.2, 0) is 14.2 Å². The molecule has 2 aliphatic heterocycles. The smallest absolute Gasteiger partial charge is 0.424 e. The highest BCUT2D eigenvalue weighted by atomic mass is 16.8. The molecule has 2 heterocycles. The molecular formula is C5H6O5.